The minimum atomic E-state index is -3.31. The molecule has 1 fully saturated rings. The van der Waals surface area contributed by atoms with Gasteiger partial charge in [-0.05, 0) is 18.6 Å². The fraction of sp³-hybridized carbons (Fsp3) is 0.412. The molecule has 0 spiro atoms. The van der Waals surface area contributed by atoms with E-state index in [4.69, 9.17) is 0 Å². The molecule has 134 valence electrons. The monoisotopic (exact) mass is 361 g/mol. The molecule has 2 heterocycles. The summed E-state index contributed by atoms with van der Waals surface area (Å²) in [5.74, 6) is 0.724. The van der Waals surface area contributed by atoms with Crippen molar-refractivity contribution in [3.8, 4) is 0 Å². The van der Waals surface area contributed by atoms with Crippen molar-refractivity contribution in [2.45, 2.75) is 13.3 Å². The van der Waals surface area contributed by atoms with E-state index in [0.717, 1.165) is 26.2 Å². The lowest BCUT2D eigenvalue weighted by molar-refractivity contribution is 0.600. The third-order valence-corrected chi connectivity index (χ3v) is 5.56. The van der Waals surface area contributed by atoms with Crippen molar-refractivity contribution in [3.63, 3.8) is 0 Å². The van der Waals surface area contributed by atoms with Gasteiger partial charge in [0.25, 0.3) is 0 Å². The van der Waals surface area contributed by atoms with Crippen LogP contribution in [0.4, 0.5) is 17.3 Å². The van der Waals surface area contributed by atoms with E-state index >= 15 is 0 Å². The van der Waals surface area contributed by atoms with Gasteiger partial charge in [0.15, 0.2) is 0 Å². The lowest BCUT2D eigenvalue weighted by atomic mass is 10.2. The summed E-state index contributed by atoms with van der Waals surface area (Å²) in [4.78, 5) is 13.1. The molecule has 0 aliphatic carbocycles. The Morgan fingerprint density at radius 3 is 2.20 bits per heavy atom. The molecule has 8 heteroatoms. The second-order valence-electron chi connectivity index (χ2n) is 6.00. The van der Waals surface area contributed by atoms with Gasteiger partial charge in [-0.3, -0.25) is 4.72 Å². The Kier molecular flexibility index (Phi) is 5.37. The third kappa shape index (κ3) is 4.60. The maximum atomic E-state index is 11.8. The van der Waals surface area contributed by atoms with Gasteiger partial charge in [0.1, 0.15) is 0 Å². The molecule has 0 atom stereocenters. The number of rotatable bonds is 6. The zero-order chi connectivity index (χ0) is 17.7. The number of sulfonamides is 1. The lowest BCUT2D eigenvalue weighted by Crippen LogP contribution is -2.47. The highest BCUT2D eigenvalue weighted by molar-refractivity contribution is 7.92. The molecule has 7 nitrogen and oxygen atoms in total. The van der Waals surface area contributed by atoms with Crippen LogP contribution < -0.4 is 14.5 Å². The summed E-state index contributed by atoms with van der Waals surface area (Å²) in [6.07, 6.45) is 3.62. The fourth-order valence-corrected chi connectivity index (χ4v) is 3.94. The van der Waals surface area contributed by atoms with Gasteiger partial charge in [0.2, 0.25) is 16.0 Å². The number of nitrogens with one attached hydrogen (secondary N) is 1. The van der Waals surface area contributed by atoms with Gasteiger partial charge in [-0.1, -0.05) is 25.1 Å². The summed E-state index contributed by atoms with van der Waals surface area (Å²) < 4.78 is 26.0. The Morgan fingerprint density at radius 1 is 1.00 bits per heavy atom. The molecule has 0 amide bonds. The van der Waals surface area contributed by atoms with Crippen molar-refractivity contribution in [2.24, 2.45) is 0 Å². The summed E-state index contributed by atoms with van der Waals surface area (Å²) in [7, 11) is -3.31. The fourth-order valence-electron chi connectivity index (χ4n) is 2.84. The van der Waals surface area contributed by atoms with Crippen LogP contribution in [0.1, 0.15) is 13.3 Å². The molecular weight excluding hydrogens is 338 g/mol. The quantitative estimate of drug-likeness (QED) is 0.847. The normalized spacial score (nSPS) is 15.2. The predicted octanol–water partition coefficient (Wildman–Crippen LogP) is 1.95. The van der Waals surface area contributed by atoms with Crippen molar-refractivity contribution >= 4 is 27.3 Å². The van der Waals surface area contributed by atoms with Crippen LogP contribution in [0.5, 0.6) is 0 Å². The average molecular weight is 361 g/mol. The SMILES string of the molecule is CCCS(=O)(=O)Nc1cnc(N2CCN(c3ccccc3)CC2)nc1. The minimum absolute atomic E-state index is 0.0934. The van der Waals surface area contributed by atoms with Crippen molar-refractivity contribution in [2.75, 3.05) is 46.5 Å². The number of anilines is 3. The van der Waals surface area contributed by atoms with Crippen LogP contribution in [0.15, 0.2) is 42.7 Å². The Morgan fingerprint density at radius 2 is 1.60 bits per heavy atom. The van der Waals surface area contributed by atoms with Crippen molar-refractivity contribution in [3.05, 3.63) is 42.7 Å². The highest BCUT2D eigenvalue weighted by atomic mass is 32.2. The van der Waals surface area contributed by atoms with Gasteiger partial charge < -0.3 is 9.80 Å². The number of piperazine rings is 1. The number of nitrogens with zero attached hydrogens (tertiary/aromatic N) is 4. The number of hydrogen-bond donors (Lipinski definition) is 1. The van der Waals surface area contributed by atoms with Crippen LogP contribution in [-0.2, 0) is 10.0 Å². The second-order valence-corrected chi connectivity index (χ2v) is 7.84. The largest absolute Gasteiger partial charge is 0.368 e. The van der Waals surface area contributed by atoms with Crippen molar-refractivity contribution < 1.29 is 8.42 Å². The molecule has 2 aromatic rings. The Bertz CT molecular complexity index is 772. The van der Waals surface area contributed by atoms with E-state index in [-0.39, 0.29) is 5.75 Å². The Hall–Kier alpha value is -2.35. The maximum absolute atomic E-state index is 11.8. The number of aromatic nitrogens is 2. The van der Waals surface area contributed by atoms with E-state index in [9.17, 15) is 8.42 Å². The summed E-state index contributed by atoms with van der Waals surface area (Å²) in [5, 5.41) is 0. The van der Waals surface area contributed by atoms with Crippen molar-refractivity contribution in [1.29, 1.82) is 0 Å². The van der Waals surface area contributed by atoms with Crippen LogP contribution in [0.25, 0.3) is 0 Å². The summed E-state index contributed by atoms with van der Waals surface area (Å²) in [5.41, 5.74) is 1.63. The van der Waals surface area contributed by atoms with Gasteiger partial charge in [-0.2, -0.15) is 0 Å². The summed E-state index contributed by atoms with van der Waals surface area (Å²) in [6, 6.07) is 10.3. The van der Waals surface area contributed by atoms with Gasteiger partial charge >= 0.3 is 0 Å². The molecular formula is C17H23N5O2S. The first kappa shape index (κ1) is 17.5. The molecule has 3 rings (SSSR count). The van der Waals surface area contributed by atoms with E-state index in [0.29, 0.717) is 18.1 Å². The molecule has 1 saturated heterocycles. The van der Waals surface area contributed by atoms with Gasteiger partial charge in [0, 0.05) is 31.9 Å². The highest BCUT2D eigenvalue weighted by Crippen LogP contribution is 2.18. The average Bonchev–Trinajstić information content (AvgIpc) is 2.63. The molecule has 25 heavy (non-hydrogen) atoms. The van der Waals surface area contributed by atoms with Crippen LogP contribution in [-0.4, -0.2) is 50.3 Å². The topological polar surface area (TPSA) is 78.4 Å². The summed E-state index contributed by atoms with van der Waals surface area (Å²) >= 11 is 0. The zero-order valence-corrected chi connectivity index (χ0v) is 15.1. The summed E-state index contributed by atoms with van der Waals surface area (Å²) in [6.45, 7) is 5.29. The molecule has 1 aromatic carbocycles. The molecule has 0 saturated carbocycles. The van der Waals surface area contributed by atoms with Crippen LogP contribution in [0.3, 0.4) is 0 Å². The van der Waals surface area contributed by atoms with E-state index < -0.39 is 10.0 Å². The first-order valence-corrected chi connectivity index (χ1v) is 10.1. The molecule has 0 bridgehead atoms. The van der Waals surface area contributed by atoms with Gasteiger partial charge in [-0.25, -0.2) is 18.4 Å². The van der Waals surface area contributed by atoms with Crippen LogP contribution in [0.2, 0.25) is 0 Å². The molecule has 1 aliphatic rings. The van der Waals surface area contributed by atoms with E-state index in [2.05, 4.69) is 36.6 Å². The standard InChI is InChI=1S/C17H23N5O2S/c1-2-12-25(23,24)20-15-13-18-17(19-14-15)22-10-8-21(9-11-22)16-6-4-3-5-7-16/h3-7,13-14,20H,2,8-12H2,1H3. The number of para-hydroxylation sites is 1. The van der Waals surface area contributed by atoms with Gasteiger partial charge in [-0.15, -0.1) is 0 Å². The van der Waals surface area contributed by atoms with Crippen molar-refractivity contribution in [1.82, 2.24) is 9.97 Å². The second kappa shape index (κ2) is 7.69. The molecule has 0 unspecified atom stereocenters. The third-order valence-electron chi connectivity index (χ3n) is 4.07. The van der Waals surface area contributed by atoms with Crippen LogP contribution >= 0.6 is 0 Å². The maximum Gasteiger partial charge on any atom is 0.232 e. The van der Waals surface area contributed by atoms with E-state index in [1.54, 1.807) is 0 Å². The Balaban J connectivity index is 1.59. The Labute approximate surface area is 148 Å². The van der Waals surface area contributed by atoms with E-state index in [1.165, 1.54) is 18.1 Å². The highest BCUT2D eigenvalue weighted by Gasteiger charge is 2.19. The minimum Gasteiger partial charge on any atom is -0.368 e. The smallest absolute Gasteiger partial charge is 0.232 e. The zero-order valence-electron chi connectivity index (χ0n) is 14.3. The van der Waals surface area contributed by atoms with Gasteiger partial charge in [0.05, 0.1) is 23.8 Å². The molecule has 1 N–H and O–H groups in total. The number of hydrogen-bond acceptors (Lipinski definition) is 6. The number of benzene rings is 1. The van der Waals surface area contributed by atoms with Crippen LogP contribution in [0, 0.1) is 0 Å². The molecule has 0 radical (unpaired) electrons. The lowest BCUT2D eigenvalue weighted by Gasteiger charge is -2.36. The first-order chi connectivity index (χ1) is 12.1. The molecule has 1 aliphatic heterocycles. The molecule has 1 aromatic heterocycles. The first-order valence-electron chi connectivity index (χ1n) is 8.45. The van der Waals surface area contributed by atoms with E-state index in [1.807, 2.05) is 25.1 Å². The predicted molar refractivity (Wildman–Crippen MR) is 101 cm³/mol.